The number of hydrogen-bond donors (Lipinski definition) is 1. The van der Waals surface area contributed by atoms with Crippen LogP contribution in [0.1, 0.15) is 38.8 Å². The number of nitrogens with zero attached hydrogens (tertiary/aromatic N) is 1. The van der Waals surface area contributed by atoms with Crippen molar-refractivity contribution in [3.8, 4) is 5.75 Å². The second kappa shape index (κ2) is 6.81. The van der Waals surface area contributed by atoms with Crippen molar-refractivity contribution in [2.24, 2.45) is 0 Å². The number of rotatable bonds is 5. The average Bonchev–Trinajstić information content (AvgIpc) is 2.49. The van der Waals surface area contributed by atoms with E-state index in [1.807, 2.05) is 33.8 Å². The minimum atomic E-state index is -3.81. The maximum absolute atomic E-state index is 12.9. The monoisotopic (exact) mass is 348 g/mol. The number of anilines is 1. The number of nitrogens with one attached hydrogen (secondary N) is 1. The van der Waals surface area contributed by atoms with Crippen molar-refractivity contribution in [2.75, 3.05) is 11.3 Å². The molecule has 130 valence electrons. The minimum absolute atomic E-state index is 0.127. The summed E-state index contributed by atoms with van der Waals surface area (Å²) < 4.78 is 33.9. The molecule has 0 saturated heterocycles. The van der Waals surface area contributed by atoms with Gasteiger partial charge < -0.3 is 4.74 Å². The minimum Gasteiger partial charge on any atom is -0.492 e. The molecule has 24 heavy (non-hydrogen) atoms. The maximum atomic E-state index is 12.9. The second-order valence-electron chi connectivity index (χ2n) is 6.62. The van der Waals surface area contributed by atoms with Gasteiger partial charge in [-0.25, -0.2) is 13.4 Å². The molecule has 1 heterocycles. The Morgan fingerprint density at radius 1 is 1.21 bits per heavy atom. The van der Waals surface area contributed by atoms with Gasteiger partial charge in [0.25, 0.3) is 10.0 Å². The lowest BCUT2D eigenvalue weighted by Gasteiger charge is -2.21. The predicted molar refractivity (Wildman–Crippen MR) is 96.1 cm³/mol. The molecule has 1 aromatic carbocycles. The number of aromatic nitrogens is 1. The number of hydrogen-bond acceptors (Lipinski definition) is 4. The van der Waals surface area contributed by atoms with Crippen molar-refractivity contribution < 1.29 is 13.2 Å². The SMILES string of the molecule is CCOc1ccc(C(C)(C)C)cc1S(=O)(=O)Nc1ncccc1C. The van der Waals surface area contributed by atoms with E-state index in [1.54, 1.807) is 37.4 Å². The normalized spacial score (nSPS) is 12.0. The Bertz CT molecular complexity index is 824. The van der Waals surface area contributed by atoms with E-state index in [9.17, 15) is 8.42 Å². The van der Waals surface area contributed by atoms with Gasteiger partial charge in [-0.05, 0) is 48.6 Å². The van der Waals surface area contributed by atoms with E-state index in [2.05, 4.69) is 9.71 Å². The topological polar surface area (TPSA) is 68.3 Å². The third kappa shape index (κ3) is 4.06. The van der Waals surface area contributed by atoms with Gasteiger partial charge in [0.15, 0.2) is 0 Å². The fraction of sp³-hybridized carbons (Fsp3) is 0.389. The van der Waals surface area contributed by atoms with Crippen LogP contribution in [0.4, 0.5) is 5.82 Å². The molecule has 2 aromatic rings. The first-order chi connectivity index (χ1) is 11.1. The molecule has 0 amide bonds. The molecule has 0 spiro atoms. The van der Waals surface area contributed by atoms with Crippen LogP contribution in [0.25, 0.3) is 0 Å². The Kier molecular flexibility index (Phi) is 5.18. The fourth-order valence-corrected chi connectivity index (χ4v) is 3.49. The second-order valence-corrected chi connectivity index (χ2v) is 8.27. The van der Waals surface area contributed by atoms with Crippen LogP contribution in [0, 0.1) is 6.92 Å². The lowest BCUT2D eigenvalue weighted by molar-refractivity contribution is 0.331. The first kappa shape index (κ1) is 18.3. The molecule has 0 aliphatic rings. The zero-order valence-electron chi connectivity index (χ0n) is 14.8. The number of benzene rings is 1. The lowest BCUT2D eigenvalue weighted by Crippen LogP contribution is -2.18. The van der Waals surface area contributed by atoms with Crippen LogP contribution in [0.3, 0.4) is 0 Å². The van der Waals surface area contributed by atoms with Gasteiger partial charge >= 0.3 is 0 Å². The molecule has 0 radical (unpaired) electrons. The van der Waals surface area contributed by atoms with E-state index >= 15 is 0 Å². The molecule has 0 saturated carbocycles. The van der Waals surface area contributed by atoms with Crippen LogP contribution < -0.4 is 9.46 Å². The molecule has 0 fully saturated rings. The van der Waals surface area contributed by atoms with Crippen LogP contribution in [-0.2, 0) is 15.4 Å². The number of pyridine rings is 1. The molecule has 0 bridgehead atoms. The van der Waals surface area contributed by atoms with Crippen molar-refractivity contribution in [1.82, 2.24) is 4.98 Å². The van der Waals surface area contributed by atoms with E-state index in [4.69, 9.17) is 4.74 Å². The molecule has 1 N–H and O–H groups in total. The third-order valence-electron chi connectivity index (χ3n) is 3.64. The fourth-order valence-electron chi connectivity index (χ4n) is 2.23. The van der Waals surface area contributed by atoms with Gasteiger partial charge in [0.2, 0.25) is 0 Å². The van der Waals surface area contributed by atoms with Gasteiger partial charge in [-0.2, -0.15) is 0 Å². The van der Waals surface area contributed by atoms with E-state index in [-0.39, 0.29) is 10.3 Å². The zero-order chi connectivity index (χ0) is 18.0. The summed E-state index contributed by atoms with van der Waals surface area (Å²) in [6.07, 6.45) is 1.56. The summed E-state index contributed by atoms with van der Waals surface area (Å²) in [6, 6.07) is 8.85. The maximum Gasteiger partial charge on any atom is 0.266 e. The Hall–Kier alpha value is -2.08. The van der Waals surface area contributed by atoms with E-state index < -0.39 is 10.0 Å². The Balaban J connectivity index is 2.53. The van der Waals surface area contributed by atoms with Crippen LogP contribution in [-0.4, -0.2) is 20.0 Å². The summed E-state index contributed by atoms with van der Waals surface area (Å²) in [4.78, 5) is 4.23. The number of ether oxygens (including phenoxy) is 1. The van der Waals surface area contributed by atoms with Gasteiger partial charge in [-0.1, -0.05) is 32.9 Å². The number of sulfonamides is 1. The first-order valence-corrected chi connectivity index (χ1v) is 9.35. The summed E-state index contributed by atoms with van der Waals surface area (Å²) >= 11 is 0. The first-order valence-electron chi connectivity index (χ1n) is 7.87. The molecule has 0 aliphatic heterocycles. The van der Waals surface area contributed by atoms with Gasteiger partial charge in [0.05, 0.1) is 6.61 Å². The highest BCUT2D eigenvalue weighted by molar-refractivity contribution is 7.92. The van der Waals surface area contributed by atoms with Crippen molar-refractivity contribution >= 4 is 15.8 Å². The van der Waals surface area contributed by atoms with Gasteiger partial charge in [-0.3, -0.25) is 4.72 Å². The summed E-state index contributed by atoms with van der Waals surface area (Å²) in [5.74, 6) is 0.660. The summed E-state index contributed by atoms with van der Waals surface area (Å²) in [5.41, 5.74) is 1.51. The average molecular weight is 348 g/mol. The quantitative estimate of drug-likeness (QED) is 0.890. The van der Waals surface area contributed by atoms with E-state index in [0.29, 0.717) is 18.2 Å². The van der Waals surface area contributed by atoms with Crippen molar-refractivity contribution in [3.63, 3.8) is 0 Å². The molecule has 0 aliphatic carbocycles. The summed E-state index contributed by atoms with van der Waals surface area (Å²) in [6.45, 7) is 10.1. The molecule has 0 unspecified atom stereocenters. The van der Waals surface area contributed by atoms with Crippen LogP contribution in [0.2, 0.25) is 0 Å². The van der Waals surface area contributed by atoms with Crippen LogP contribution in [0.5, 0.6) is 5.75 Å². The van der Waals surface area contributed by atoms with Crippen molar-refractivity contribution in [1.29, 1.82) is 0 Å². The molecular formula is C18H24N2O3S. The molecule has 0 atom stereocenters. The molecule has 2 rings (SSSR count). The van der Waals surface area contributed by atoms with E-state index in [0.717, 1.165) is 11.1 Å². The van der Waals surface area contributed by atoms with Crippen LogP contribution >= 0.6 is 0 Å². The molecule has 1 aromatic heterocycles. The zero-order valence-corrected chi connectivity index (χ0v) is 15.6. The molecule has 5 nitrogen and oxygen atoms in total. The smallest absolute Gasteiger partial charge is 0.266 e. The Morgan fingerprint density at radius 2 is 1.92 bits per heavy atom. The highest BCUT2D eigenvalue weighted by Gasteiger charge is 2.24. The largest absolute Gasteiger partial charge is 0.492 e. The highest BCUT2D eigenvalue weighted by Crippen LogP contribution is 2.32. The van der Waals surface area contributed by atoms with Crippen LogP contribution in [0.15, 0.2) is 41.4 Å². The van der Waals surface area contributed by atoms with E-state index in [1.165, 1.54) is 0 Å². The molecular weight excluding hydrogens is 324 g/mol. The Labute approximate surface area is 144 Å². The predicted octanol–water partition coefficient (Wildman–Crippen LogP) is 3.89. The number of aryl methyl sites for hydroxylation is 1. The molecule has 6 heteroatoms. The van der Waals surface area contributed by atoms with Gasteiger partial charge in [-0.15, -0.1) is 0 Å². The summed E-state index contributed by atoms with van der Waals surface area (Å²) in [7, 11) is -3.81. The van der Waals surface area contributed by atoms with Crippen molar-refractivity contribution in [3.05, 3.63) is 47.7 Å². The standard InChI is InChI=1S/C18H24N2O3S/c1-6-23-15-10-9-14(18(3,4)5)12-16(15)24(21,22)20-17-13(2)8-7-11-19-17/h7-12H,6H2,1-5H3,(H,19,20). The highest BCUT2D eigenvalue weighted by atomic mass is 32.2. The van der Waals surface area contributed by atoms with Gasteiger partial charge in [0, 0.05) is 6.20 Å². The Morgan fingerprint density at radius 3 is 2.50 bits per heavy atom. The lowest BCUT2D eigenvalue weighted by atomic mass is 9.87. The van der Waals surface area contributed by atoms with Crippen molar-refractivity contribution in [2.45, 2.75) is 44.9 Å². The third-order valence-corrected chi connectivity index (χ3v) is 5.00. The summed E-state index contributed by atoms with van der Waals surface area (Å²) in [5, 5.41) is 0. The van der Waals surface area contributed by atoms with Gasteiger partial charge in [0.1, 0.15) is 16.5 Å².